The molecule has 21 heavy (non-hydrogen) atoms. The zero-order valence-corrected chi connectivity index (χ0v) is 11.4. The van der Waals surface area contributed by atoms with Gasteiger partial charge in [0, 0.05) is 0 Å². The first-order valence-electron chi connectivity index (χ1n) is 5.87. The molecule has 0 aliphatic rings. The number of nitrogens with zero attached hydrogens (tertiary/aromatic N) is 3. The molecule has 0 radical (unpaired) electrons. The lowest BCUT2D eigenvalue weighted by Gasteiger charge is -2.09. The normalized spacial score (nSPS) is 11.6. The third-order valence-electron chi connectivity index (χ3n) is 2.93. The van der Waals surface area contributed by atoms with Crippen molar-refractivity contribution in [1.29, 1.82) is 0 Å². The van der Waals surface area contributed by atoms with Gasteiger partial charge in [0.15, 0.2) is 0 Å². The molecule has 0 aliphatic carbocycles. The van der Waals surface area contributed by atoms with Gasteiger partial charge in [0.2, 0.25) is 0 Å². The van der Waals surface area contributed by atoms with Crippen LogP contribution in [0, 0.1) is 0 Å². The lowest BCUT2D eigenvalue weighted by molar-refractivity contribution is 0.0689. The standard InChI is InChI=1S/C13H9N3O4S/c17-13(18)11-6-10-12(7-14-8-15-10)16(11)21(19,20)9-4-2-1-3-5-9/h1-8H,(H,17,18). The summed E-state index contributed by atoms with van der Waals surface area (Å²) in [5.74, 6) is -1.35. The second-order valence-electron chi connectivity index (χ2n) is 4.21. The van der Waals surface area contributed by atoms with Crippen molar-refractivity contribution < 1.29 is 18.3 Å². The summed E-state index contributed by atoms with van der Waals surface area (Å²) in [6.07, 6.45) is 2.50. The molecular formula is C13H9N3O4S. The Bertz CT molecular complexity index is 932. The fourth-order valence-corrected chi connectivity index (χ4v) is 3.52. The van der Waals surface area contributed by atoms with E-state index in [9.17, 15) is 18.3 Å². The number of benzene rings is 1. The van der Waals surface area contributed by atoms with E-state index in [0.717, 1.165) is 3.97 Å². The maximum atomic E-state index is 12.7. The molecule has 2 aromatic heterocycles. The Morgan fingerprint density at radius 1 is 1.19 bits per heavy atom. The van der Waals surface area contributed by atoms with Crippen LogP contribution in [-0.4, -0.2) is 33.4 Å². The van der Waals surface area contributed by atoms with E-state index in [0.29, 0.717) is 0 Å². The van der Waals surface area contributed by atoms with Crippen LogP contribution < -0.4 is 0 Å². The van der Waals surface area contributed by atoms with Crippen molar-refractivity contribution in [2.24, 2.45) is 0 Å². The van der Waals surface area contributed by atoms with Crippen LogP contribution in [0.2, 0.25) is 0 Å². The maximum absolute atomic E-state index is 12.7. The zero-order chi connectivity index (χ0) is 15.0. The highest BCUT2D eigenvalue weighted by Crippen LogP contribution is 2.23. The van der Waals surface area contributed by atoms with Crippen molar-refractivity contribution in [2.75, 3.05) is 0 Å². The third-order valence-corrected chi connectivity index (χ3v) is 4.68. The van der Waals surface area contributed by atoms with Crippen LogP contribution in [0.1, 0.15) is 10.5 Å². The van der Waals surface area contributed by atoms with Gasteiger partial charge in [0.25, 0.3) is 10.0 Å². The molecule has 3 aromatic rings. The molecule has 7 nitrogen and oxygen atoms in total. The molecular weight excluding hydrogens is 294 g/mol. The predicted molar refractivity (Wildman–Crippen MR) is 73.5 cm³/mol. The fourth-order valence-electron chi connectivity index (χ4n) is 2.02. The summed E-state index contributed by atoms with van der Waals surface area (Å²) in [5, 5.41) is 9.24. The molecule has 1 N–H and O–H groups in total. The van der Waals surface area contributed by atoms with Crippen molar-refractivity contribution in [1.82, 2.24) is 13.9 Å². The number of hydrogen-bond donors (Lipinski definition) is 1. The monoisotopic (exact) mass is 303 g/mol. The van der Waals surface area contributed by atoms with Crippen molar-refractivity contribution in [3.63, 3.8) is 0 Å². The topological polar surface area (TPSA) is 102 Å². The van der Waals surface area contributed by atoms with Crippen LogP contribution in [-0.2, 0) is 10.0 Å². The van der Waals surface area contributed by atoms with Gasteiger partial charge in [-0.1, -0.05) is 18.2 Å². The maximum Gasteiger partial charge on any atom is 0.353 e. The molecule has 0 saturated heterocycles. The molecule has 0 aliphatic heterocycles. The first kappa shape index (κ1) is 13.3. The minimum absolute atomic E-state index is 0.00569. The Balaban J connectivity index is 2.39. The number of carboxylic acids is 1. The molecule has 3 rings (SSSR count). The highest BCUT2D eigenvalue weighted by Gasteiger charge is 2.26. The molecule has 1 aromatic carbocycles. The zero-order valence-electron chi connectivity index (χ0n) is 10.5. The van der Waals surface area contributed by atoms with Gasteiger partial charge in [-0.25, -0.2) is 27.2 Å². The fraction of sp³-hybridized carbons (Fsp3) is 0. The molecule has 0 bridgehead atoms. The molecule has 2 heterocycles. The molecule has 0 amide bonds. The number of hydrogen-bond acceptors (Lipinski definition) is 5. The van der Waals surface area contributed by atoms with Crippen molar-refractivity contribution in [2.45, 2.75) is 4.90 Å². The van der Waals surface area contributed by atoms with Crippen LogP contribution in [0.3, 0.4) is 0 Å². The first-order chi connectivity index (χ1) is 10.0. The van der Waals surface area contributed by atoms with Gasteiger partial charge in [-0.05, 0) is 18.2 Å². The summed E-state index contributed by atoms with van der Waals surface area (Å²) >= 11 is 0. The highest BCUT2D eigenvalue weighted by molar-refractivity contribution is 7.90. The molecule has 0 saturated carbocycles. The minimum Gasteiger partial charge on any atom is -0.477 e. The molecule has 0 unspecified atom stereocenters. The van der Waals surface area contributed by atoms with Gasteiger partial charge in [0.1, 0.15) is 17.5 Å². The number of aromatic carboxylic acids is 1. The summed E-state index contributed by atoms with van der Waals surface area (Å²) in [5.41, 5.74) is -0.00462. The first-order valence-corrected chi connectivity index (χ1v) is 7.31. The van der Waals surface area contributed by atoms with Gasteiger partial charge < -0.3 is 5.11 Å². The average molecular weight is 303 g/mol. The number of aromatic nitrogens is 3. The van der Waals surface area contributed by atoms with Crippen LogP contribution in [0.25, 0.3) is 11.0 Å². The van der Waals surface area contributed by atoms with Crippen LogP contribution in [0.15, 0.2) is 53.8 Å². The van der Waals surface area contributed by atoms with E-state index in [2.05, 4.69) is 9.97 Å². The summed E-state index contributed by atoms with van der Waals surface area (Å²) < 4.78 is 26.1. The minimum atomic E-state index is -4.04. The Morgan fingerprint density at radius 3 is 2.57 bits per heavy atom. The van der Waals surface area contributed by atoms with E-state index in [1.807, 2.05) is 0 Å². The molecule has 0 atom stereocenters. The second-order valence-corrected chi connectivity index (χ2v) is 6.00. The van der Waals surface area contributed by atoms with E-state index in [1.54, 1.807) is 18.2 Å². The second kappa shape index (κ2) is 4.67. The Hall–Kier alpha value is -2.74. The molecule has 0 fully saturated rings. The SMILES string of the molecule is O=C(O)c1cc2ncncc2n1S(=O)(=O)c1ccccc1. The number of carbonyl (C=O) groups is 1. The molecule has 106 valence electrons. The smallest absolute Gasteiger partial charge is 0.353 e. The third kappa shape index (κ3) is 2.05. The van der Waals surface area contributed by atoms with Gasteiger partial charge in [-0.2, -0.15) is 0 Å². The number of carboxylic acid groups (broad SMARTS) is 1. The van der Waals surface area contributed by atoms with Crippen LogP contribution in [0.4, 0.5) is 0 Å². The Morgan fingerprint density at radius 2 is 1.90 bits per heavy atom. The number of fused-ring (bicyclic) bond motifs is 1. The van der Waals surface area contributed by atoms with Gasteiger partial charge in [0.05, 0.1) is 16.6 Å². The van der Waals surface area contributed by atoms with E-state index in [4.69, 9.17) is 0 Å². The summed E-state index contributed by atoms with van der Waals surface area (Å²) in [6, 6.07) is 8.81. The van der Waals surface area contributed by atoms with E-state index >= 15 is 0 Å². The van der Waals surface area contributed by atoms with Crippen LogP contribution >= 0.6 is 0 Å². The lowest BCUT2D eigenvalue weighted by Crippen LogP contribution is -2.18. The largest absolute Gasteiger partial charge is 0.477 e. The van der Waals surface area contributed by atoms with Crippen molar-refractivity contribution in [3.8, 4) is 0 Å². The molecule has 8 heteroatoms. The van der Waals surface area contributed by atoms with E-state index in [1.165, 1.54) is 30.7 Å². The number of rotatable bonds is 3. The Labute approximate surface area is 119 Å². The summed E-state index contributed by atoms with van der Waals surface area (Å²) in [7, 11) is -4.04. The highest BCUT2D eigenvalue weighted by atomic mass is 32.2. The van der Waals surface area contributed by atoms with E-state index in [-0.39, 0.29) is 21.6 Å². The lowest BCUT2D eigenvalue weighted by atomic mass is 10.4. The molecule has 0 spiro atoms. The average Bonchev–Trinajstić information content (AvgIpc) is 2.88. The van der Waals surface area contributed by atoms with Crippen LogP contribution in [0.5, 0.6) is 0 Å². The van der Waals surface area contributed by atoms with Gasteiger partial charge in [-0.3, -0.25) is 0 Å². The van der Waals surface area contributed by atoms with Gasteiger partial charge >= 0.3 is 5.97 Å². The predicted octanol–water partition coefficient (Wildman–Crippen LogP) is 1.37. The van der Waals surface area contributed by atoms with E-state index < -0.39 is 16.0 Å². The van der Waals surface area contributed by atoms with Crippen molar-refractivity contribution >= 4 is 27.0 Å². The summed E-state index contributed by atoms with van der Waals surface area (Å²) in [4.78, 5) is 19.0. The van der Waals surface area contributed by atoms with Gasteiger partial charge in [-0.15, -0.1) is 0 Å². The summed E-state index contributed by atoms with van der Waals surface area (Å²) in [6.45, 7) is 0. The van der Waals surface area contributed by atoms with Crippen molar-refractivity contribution in [3.05, 3.63) is 54.6 Å². The Kier molecular flexibility index (Phi) is 2.95. The quantitative estimate of drug-likeness (QED) is 0.784.